The van der Waals surface area contributed by atoms with Crippen LogP contribution in [0.15, 0.2) is 47.4 Å². The first-order valence-electron chi connectivity index (χ1n) is 8.70. The van der Waals surface area contributed by atoms with Gasteiger partial charge in [0.2, 0.25) is 15.9 Å². The van der Waals surface area contributed by atoms with Crippen molar-refractivity contribution in [3.05, 3.63) is 58.9 Å². The molecule has 0 aromatic heterocycles. The van der Waals surface area contributed by atoms with Crippen molar-refractivity contribution < 1.29 is 17.6 Å². The molecule has 1 N–H and O–H groups in total. The third-order valence-electron chi connectivity index (χ3n) is 4.45. The lowest BCUT2D eigenvalue weighted by Gasteiger charge is -2.17. The molecule has 1 amide bonds. The van der Waals surface area contributed by atoms with Crippen molar-refractivity contribution in [3.8, 4) is 0 Å². The van der Waals surface area contributed by atoms with Crippen molar-refractivity contribution in [2.24, 2.45) is 0 Å². The molecule has 0 radical (unpaired) electrons. The van der Waals surface area contributed by atoms with Crippen molar-refractivity contribution in [1.29, 1.82) is 0 Å². The minimum atomic E-state index is -3.67. The van der Waals surface area contributed by atoms with E-state index in [2.05, 4.69) is 5.32 Å². The summed E-state index contributed by atoms with van der Waals surface area (Å²) in [4.78, 5) is 12.2. The van der Waals surface area contributed by atoms with Crippen LogP contribution in [0.25, 0.3) is 0 Å². The van der Waals surface area contributed by atoms with Crippen LogP contribution in [0.3, 0.4) is 0 Å². The van der Waals surface area contributed by atoms with E-state index in [1.165, 1.54) is 28.6 Å². The summed E-state index contributed by atoms with van der Waals surface area (Å²) in [6.07, 6.45) is 2.31. The monoisotopic (exact) mass is 410 g/mol. The Hall–Kier alpha value is -1.96. The minimum absolute atomic E-state index is 0.00222. The summed E-state index contributed by atoms with van der Waals surface area (Å²) in [6.45, 7) is 0.958. The Bertz CT molecular complexity index is 926. The third-order valence-corrected chi connectivity index (χ3v) is 6.83. The first-order valence-corrected chi connectivity index (χ1v) is 10.5. The van der Waals surface area contributed by atoms with Crippen LogP contribution >= 0.6 is 11.6 Å². The zero-order valence-electron chi connectivity index (χ0n) is 14.6. The first-order chi connectivity index (χ1) is 12.9. The van der Waals surface area contributed by atoms with Gasteiger partial charge < -0.3 is 5.32 Å². The van der Waals surface area contributed by atoms with Gasteiger partial charge in [0.25, 0.3) is 0 Å². The molecule has 1 saturated heterocycles. The molecule has 1 aliphatic heterocycles. The van der Waals surface area contributed by atoms with Gasteiger partial charge in [0, 0.05) is 25.2 Å². The zero-order chi connectivity index (χ0) is 19.4. The molecule has 0 unspecified atom stereocenters. The normalized spacial score (nSPS) is 15.0. The van der Waals surface area contributed by atoms with Crippen molar-refractivity contribution in [2.75, 3.05) is 18.4 Å². The molecule has 8 heteroatoms. The zero-order valence-corrected chi connectivity index (χ0v) is 16.2. The average molecular weight is 411 g/mol. The van der Waals surface area contributed by atoms with E-state index in [1.54, 1.807) is 18.2 Å². The van der Waals surface area contributed by atoms with E-state index in [4.69, 9.17) is 11.6 Å². The molecular formula is C19H20ClFN2O3S. The standard InChI is InChI=1S/C19H20ClFN2O3S/c20-17-9-8-16(13-18(17)27(25,26)23-11-1-2-12-23)22-19(24)10-5-14-3-6-15(21)7-4-14/h3-4,6-9,13H,1-2,5,10-12H2,(H,22,24). The Morgan fingerprint density at radius 1 is 1.11 bits per heavy atom. The summed E-state index contributed by atoms with van der Waals surface area (Å²) >= 11 is 6.10. The number of amides is 1. The van der Waals surface area contributed by atoms with Crippen LogP contribution in [-0.4, -0.2) is 31.7 Å². The number of halogens is 2. The lowest BCUT2D eigenvalue weighted by molar-refractivity contribution is -0.116. The molecule has 144 valence electrons. The van der Waals surface area contributed by atoms with Crippen LogP contribution < -0.4 is 5.32 Å². The fourth-order valence-electron chi connectivity index (χ4n) is 2.98. The van der Waals surface area contributed by atoms with Crippen LogP contribution in [0.2, 0.25) is 5.02 Å². The lowest BCUT2D eigenvalue weighted by Crippen LogP contribution is -2.28. The van der Waals surface area contributed by atoms with Gasteiger partial charge in [0.05, 0.1) is 5.02 Å². The summed E-state index contributed by atoms with van der Waals surface area (Å²) in [5, 5.41) is 2.83. The molecule has 27 heavy (non-hydrogen) atoms. The van der Waals surface area contributed by atoms with Crippen molar-refractivity contribution in [2.45, 2.75) is 30.6 Å². The molecular weight excluding hydrogens is 391 g/mol. The highest BCUT2D eigenvalue weighted by Crippen LogP contribution is 2.29. The van der Waals surface area contributed by atoms with Gasteiger partial charge in [-0.25, -0.2) is 12.8 Å². The van der Waals surface area contributed by atoms with Crippen molar-refractivity contribution >= 4 is 33.2 Å². The maximum absolute atomic E-state index is 12.9. The molecule has 5 nitrogen and oxygen atoms in total. The van der Waals surface area contributed by atoms with Gasteiger partial charge in [-0.3, -0.25) is 4.79 Å². The molecule has 0 atom stereocenters. The molecule has 1 heterocycles. The Kier molecular flexibility index (Phi) is 6.14. The summed E-state index contributed by atoms with van der Waals surface area (Å²) in [5.74, 6) is -0.581. The van der Waals surface area contributed by atoms with E-state index >= 15 is 0 Å². The van der Waals surface area contributed by atoms with E-state index in [0.717, 1.165) is 18.4 Å². The third kappa shape index (κ3) is 4.86. The van der Waals surface area contributed by atoms with Crippen molar-refractivity contribution in [1.82, 2.24) is 4.31 Å². The number of hydrogen-bond donors (Lipinski definition) is 1. The predicted octanol–water partition coefficient (Wildman–Crippen LogP) is 3.83. The van der Waals surface area contributed by atoms with Gasteiger partial charge in [0.15, 0.2) is 0 Å². The van der Waals surface area contributed by atoms with E-state index in [1.807, 2.05) is 0 Å². The number of anilines is 1. The van der Waals surface area contributed by atoms with E-state index in [9.17, 15) is 17.6 Å². The van der Waals surface area contributed by atoms with Crippen LogP contribution in [0.1, 0.15) is 24.8 Å². The number of nitrogens with zero attached hydrogens (tertiary/aromatic N) is 1. The Morgan fingerprint density at radius 2 is 1.78 bits per heavy atom. The molecule has 0 aliphatic carbocycles. The number of carbonyl (C=O) groups is 1. The Morgan fingerprint density at radius 3 is 2.44 bits per heavy atom. The molecule has 1 fully saturated rings. The highest BCUT2D eigenvalue weighted by Gasteiger charge is 2.29. The number of nitrogens with one attached hydrogen (secondary N) is 1. The average Bonchev–Trinajstić information content (AvgIpc) is 3.18. The van der Waals surface area contributed by atoms with E-state index < -0.39 is 10.0 Å². The molecule has 0 spiro atoms. The number of hydrogen-bond acceptors (Lipinski definition) is 3. The maximum atomic E-state index is 12.9. The second kappa shape index (κ2) is 8.37. The highest BCUT2D eigenvalue weighted by atomic mass is 35.5. The highest BCUT2D eigenvalue weighted by molar-refractivity contribution is 7.89. The maximum Gasteiger partial charge on any atom is 0.244 e. The topological polar surface area (TPSA) is 66.5 Å². The molecule has 2 aromatic carbocycles. The van der Waals surface area contributed by atoms with Gasteiger partial charge in [-0.15, -0.1) is 0 Å². The number of aryl methyl sites for hydroxylation is 1. The van der Waals surface area contributed by atoms with Crippen LogP contribution in [-0.2, 0) is 21.2 Å². The number of carbonyl (C=O) groups excluding carboxylic acids is 1. The van der Waals surface area contributed by atoms with Crippen molar-refractivity contribution in [3.63, 3.8) is 0 Å². The van der Waals surface area contributed by atoms with Gasteiger partial charge in [-0.1, -0.05) is 23.7 Å². The Balaban J connectivity index is 1.68. The smallest absolute Gasteiger partial charge is 0.244 e. The lowest BCUT2D eigenvalue weighted by atomic mass is 10.1. The van der Waals surface area contributed by atoms with E-state index in [0.29, 0.717) is 25.2 Å². The summed E-state index contributed by atoms with van der Waals surface area (Å²) in [7, 11) is -3.67. The SMILES string of the molecule is O=C(CCc1ccc(F)cc1)Nc1ccc(Cl)c(S(=O)(=O)N2CCCC2)c1. The fraction of sp³-hybridized carbons (Fsp3) is 0.316. The molecule has 0 bridgehead atoms. The van der Waals surface area contributed by atoms with Crippen LogP contribution in [0.5, 0.6) is 0 Å². The molecule has 0 saturated carbocycles. The quantitative estimate of drug-likeness (QED) is 0.786. The van der Waals surface area contributed by atoms with Gasteiger partial charge in [0.1, 0.15) is 10.7 Å². The minimum Gasteiger partial charge on any atom is -0.326 e. The second-order valence-corrected chi connectivity index (χ2v) is 8.74. The van der Waals surface area contributed by atoms with E-state index in [-0.39, 0.29) is 28.1 Å². The van der Waals surface area contributed by atoms with Gasteiger partial charge in [-0.2, -0.15) is 4.31 Å². The molecule has 2 aromatic rings. The fourth-order valence-corrected chi connectivity index (χ4v) is 5.00. The van der Waals surface area contributed by atoms with Crippen LogP contribution in [0.4, 0.5) is 10.1 Å². The number of sulfonamides is 1. The summed E-state index contributed by atoms with van der Waals surface area (Å²) in [5.41, 5.74) is 1.22. The van der Waals surface area contributed by atoms with Gasteiger partial charge in [-0.05, 0) is 55.2 Å². The van der Waals surface area contributed by atoms with Gasteiger partial charge >= 0.3 is 0 Å². The molecule has 3 rings (SSSR count). The number of rotatable bonds is 6. The Labute approximate surface area is 163 Å². The molecule has 1 aliphatic rings. The largest absolute Gasteiger partial charge is 0.326 e. The number of benzene rings is 2. The first kappa shape index (κ1) is 19.8. The van der Waals surface area contributed by atoms with Crippen LogP contribution in [0, 0.1) is 5.82 Å². The second-order valence-electron chi connectivity index (χ2n) is 6.43. The summed E-state index contributed by atoms with van der Waals surface area (Å²) < 4.78 is 39.8. The summed E-state index contributed by atoms with van der Waals surface area (Å²) in [6, 6.07) is 10.4. The predicted molar refractivity (Wildman–Crippen MR) is 103 cm³/mol.